The average molecular weight is 297 g/mol. The fourth-order valence-electron chi connectivity index (χ4n) is 2.82. The Morgan fingerprint density at radius 2 is 2.00 bits per heavy atom. The first-order valence-electron chi connectivity index (χ1n) is 7.61. The topological polar surface area (TPSA) is 21.3 Å². The molecule has 3 heteroatoms. The van der Waals surface area contributed by atoms with Crippen LogP contribution < -0.4 is 10.1 Å². The molecule has 1 aliphatic rings. The van der Waals surface area contributed by atoms with Crippen molar-refractivity contribution in [1.82, 2.24) is 5.32 Å². The molecule has 114 valence electrons. The van der Waals surface area contributed by atoms with E-state index < -0.39 is 0 Å². The Labute approximate surface area is 130 Å². The highest BCUT2D eigenvalue weighted by molar-refractivity contribution is 5.74. The van der Waals surface area contributed by atoms with E-state index in [9.17, 15) is 4.39 Å². The Hall–Kier alpha value is -2.13. The molecule has 0 radical (unpaired) electrons. The van der Waals surface area contributed by atoms with Gasteiger partial charge in [-0.25, -0.2) is 4.39 Å². The van der Waals surface area contributed by atoms with Crippen LogP contribution >= 0.6 is 0 Å². The number of halogens is 1. The van der Waals surface area contributed by atoms with Crippen molar-refractivity contribution in [3.8, 4) is 5.75 Å². The van der Waals surface area contributed by atoms with Crippen molar-refractivity contribution in [2.24, 2.45) is 0 Å². The number of rotatable bonds is 4. The highest BCUT2D eigenvalue weighted by atomic mass is 19.1. The summed E-state index contributed by atoms with van der Waals surface area (Å²) in [6.45, 7) is 4.18. The Balaban J connectivity index is 1.90. The maximum absolute atomic E-state index is 13.8. The lowest BCUT2D eigenvalue weighted by molar-refractivity contribution is 0.303. The lowest BCUT2D eigenvalue weighted by atomic mass is 9.95. The first-order valence-corrected chi connectivity index (χ1v) is 7.61. The molecule has 0 amide bonds. The minimum absolute atomic E-state index is 0.251. The number of benzene rings is 2. The molecule has 0 aromatic heterocycles. The van der Waals surface area contributed by atoms with E-state index in [1.165, 1.54) is 11.6 Å². The van der Waals surface area contributed by atoms with Crippen LogP contribution in [0, 0.1) is 12.7 Å². The van der Waals surface area contributed by atoms with E-state index in [2.05, 4.69) is 11.4 Å². The summed E-state index contributed by atoms with van der Waals surface area (Å²) in [5, 5.41) is 3.30. The fraction of sp³-hybridized carbons (Fsp3) is 0.263. The molecule has 2 aromatic rings. The van der Waals surface area contributed by atoms with Gasteiger partial charge in [0.1, 0.15) is 18.2 Å². The lowest BCUT2D eigenvalue weighted by Gasteiger charge is -2.20. The van der Waals surface area contributed by atoms with Gasteiger partial charge in [-0.3, -0.25) is 0 Å². The van der Waals surface area contributed by atoms with Crippen molar-refractivity contribution in [2.75, 3.05) is 13.1 Å². The Bertz CT molecular complexity index is 679. The van der Waals surface area contributed by atoms with Gasteiger partial charge in [0.25, 0.3) is 0 Å². The smallest absolute Gasteiger partial charge is 0.130 e. The van der Waals surface area contributed by atoms with Crippen LogP contribution in [-0.4, -0.2) is 13.1 Å². The van der Waals surface area contributed by atoms with E-state index in [1.54, 1.807) is 6.07 Å². The summed E-state index contributed by atoms with van der Waals surface area (Å²) in [7, 11) is 0. The highest BCUT2D eigenvalue weighted by Crippen LogP contribution is 2.33. The Morgan fingerprint density at radius 3 is 2.73 bits per heavy atom. The van der Waals surface area contributed by atoms with Crippen molar-refractivity contribution >= 4 is 5.57 Å². The number of ether oxygens (including phenoxy) is 1. The summed E-state index contributed by atoms with van der Waals surface area (Å²) < 4.78 is 19.7. The van der Waals surface area contributed by atoms with Crippen molar-refractivity contribution < 1.29 is 9.13 Å². The molecule has 22 heavy (non-hydrogen) atoms. The van der Waals surface area contributed by atoms with Crippen LogP contribution in [0.4, 0.5) is 4.39 Å². The van der Waals surface area contributed by atoms with Crippen molar-refractivity contribution in [3.63, 3.8) is 0 Å². The minimum Gasteiger partial charge on any atom is -0.488 e. The molecule has 2 aromatic carbocycles. The molecule has 2 nitrogen and oxygen atoms in total. The first-order chi connectivity index (χ1) is 10.7. The van der Waals surface area contributed by atoms with Crippen LogP contribution in [0.5, 0.6) is 5.75 Å². The van der Waals surface area contributed by atoms with E-state index in [4.69, 9.17) is 4.74 Å². The SMILES string of the molecule is Cc1cc(F)cc(OCc2ccccc2)c1C1=CCNCC1. The molecule has 0 spiro atoms. The van der Waals surface area contributed by atoms with Gasteiger partial charge < -0.3 is 10.1 Å². The Morgan fingerprint density at radius 1 is 1.18 bits per heavy atom. The van der Waals surface area contributed by atoms with Gasteiger partial charge in [0, 0.05) is 18.2 Å². The molecule has 0 saturated carbocycles. The summed E-state index contributed by atoms with van der Waals surface area (Å²) in [5.41, 5.74) is 4.28. The molecular weight excluding hydrogens is 277 g/mol. The first kappa shape index (κ1) is 14.8. The second-order valence-electron chi connectivity index (χ2n) is 5.55. The molecular formula is C19H20FNO. The largest absolute Gasteiger partial charge is 0.488 e. The highest BCUT2D eigenvalue weighted by Gasteiger charge is 2.16. The molecule has 0 atom stereocenters. The fourth-order valence-corrected chi connectivity index (χ4v) is 2.82. The van der Waals surface area contributed by atoms with E-state index in [0.717, 1.165) is 36.2 Å². The average Bonchev–Trinajstić information content (AvgIpc) is 2.54. The normalized spacial score (nSPS) is 14.5. The molecule has 0 unspecified atom stereocenters. The quantitative estimate of drug-likeness (QED) is 0.917. The third-order valence-electron chi connectivity index (χ3n) is 3.89. The monoisotopic (exact) mass is 297 g/mol. The van der Waals surface area contributed by atoms with Crippen molar-refractivity contribution in [1.29, 1.82) is 0 Å². The molecule has 3 rings (SSSR count). The number of aryl methyl sites for hydroxylation is 1. The summed E-state index contributed by atoms with van der Waals surface area (Å²) >= 11 is 0. The summed E-state index contributed by atoms with van der Waals surface area (Å²) in [6, 6.07) is 13.0. The van der Waals surface area contributed by atoms with Gasteiger partial charge in [0.2, 0.25) is 0 Å². The molecule has 0 fully saturated rings. The van der Waals surface area contributed by atoms with Gasteiger partial charge >= 0.3 is 0 Å². The number of hydrogen-bond acceptors (Lipinski definition) is 2. The number of hydrogen-bond donors (Lipinski definition) is 1. The third-order valence-corrected chi connectivity index (χ3v) is 3.89. The predicted molar refractivity (Wildman–Crippen MR) is 87.4 cm³/mol. The molecule has 0 saturated heterocycles. The van der Waals surface area contributed by atoms with Gasteiger partial charge in [-0.1, -0.05) is 36.4 Å². The van der Waals surface area contributed by atoms with Crippen LogP contribution in [0.1, 0.15) is 23.1 Å². The van der Waals surface area contributed by atoms with Crippen LogP contribution in [0.25, 0.3) is 5.57 Å². The van der Waals surface area contributed by atoms with Crippen molar-refractivity contribution in [3.05, 3.63) is 71.0 Å². The van der Waals surface area contributed by atoms with E-state index in [1.807, 2.05) is 37.3 Å². The zero-order valence-electron chi connectivity index (χ0n) is 12.7. The van der Waals surface area contributed by atoms with E-state index >= 15 is 0 Å². The molecule has 1 aliphatic heterocycles. The predicted octanol–water partition coefficient (Wildman–Crippen LogP) is 4.09. The van der Waals surface area contributed by atoms with Gasteiger partial charge in [0.15, 0.2) is 0 Å². The molecule has 1 heterocycles. The van der Waals surface area contributed by atoms with Gasteiger partial charge in [0.05, 0.1) is 0 Å². The van der Waals surface area contributed by atoms with Crippen LogP contribution in [-0.2, 0) is 6.61 Å². The van der Waals surface area contributed by atoms with E-state index in [-0.39, 0.29) is 5.82 Å². The number of nitrogens with one attached hydrogen (secondary N) is 1. The maximum atomic E-state index is 13.8. The Kier molecular flexibility index (Phi) is 4.54. The van der Waals surface area contributed by atoms with Gasteiger partial charge in [-0.2, -0.15) is 0 Å². The molecule has 0 aliphatic carbocycles. The zero-order valence-corrected chi connectivity index (χ0v) is 12.7. The molecule has 1 N–H and O–H groups in total. The van der Waals surface area contributed by atoms with Crippen LogP contribution in [0.15, 0.2) is 48.5 Å². The zero-order chi connectivity index (χ0) is 15.4. The van der Waals surface area contributed by atoms with Crippen molar-refractivity contribution in [2.45, 2.75) is 20.0 Å². The summed E-state index contributed by atoms with van der Waals surface area (Å²) in [6.07, 6.45) is 3.10. The lowest BCUT2D eigenvalue weighted by Crippen LogP contribution is -2.20. The van der Waals surface area contributed by atoms with Gasteiger partial charge in [-0.05, 0) is 42.7 Å². The van der Waals surface area contributed by atoms with Crippen LogP contribution in [0.2, 0.25) is 0 Å². The minimum atomic E-state index is -0.251. The maximum Gasteiger partial charge on any atom is 0.130 e. The second-order valence-corrected chi connectivity index (χ2v) is 5.55. The summed E-state index contributed by atoms with van der Waals surface area (Å²) in [4.78, 5) is 0. The van der Waals surface area contributed by atoms with Gasteiger partial charge in [-0.15, -0.1) is 0 Å². The third kappa shape index (κ3) is 3.37. The molecule has 0 bridgehead atoms. The standard InChI is InChI=1S/C19H20FNO/c1-14-11-17(20)12-18(19(14)16-7-9-21-10-8-16)22-13-15-5-3-2-4-6-15/h2-7,11-12,21H,8-10,13H2,1H3. The summed E-state index contributed by atoms with van der Waals surface area (Å²) in [5.74, 6) is 0.383. The second kappa shape index (κ2) is 6.75. The van der Waals surface area contributed by atoms with E-state index in [0.29, 0.717) is 12.4 Å². The van der Waals surface area contributed by atoms with Crippen LogP contribution in [0.3, 0.4) is 0 Å².